The van der Waals surface area contributed by atoms with Gasteiger partial charge >= 0.3 is 0 Å². The van der Waals surface area contributed by atoms with Crippen molar-refractivity contribution in [1.29, 1.82) is 0 Å². The van der Waals surface area contributed by atoms with Crippen molar-refractivity contribution in [2.24, 2.45) is 5.73 Å². The smallest absolute Gasteiger partial charge is 0.0410 e. The molecular weight excluding hydrogens is 288 g/mol. The topological polar surface area (TPSA) is 38.9 Å². The van der Waals surface area contributed by atoms with Crippen LogP contribution in [0.5, 0.6) is 0 Å². The Bertz CT molecular complexity index is 532. The van der Waals surface area contributed by atoms with Crippen LogP contribution in [0.2, 0.25) is 0 Å². The number of nitrogens with zero attached hydrogens (tertiary/aromatic N) is 1. The van der Waals surface area contributed by atoms with Gasteiger partial charge in [0, 0.05) is 22.9 Å². The van der Waals surface area contributed by atoms with Crippen LogP contribution in [0.1, 0.15) is 28.3 Å². The van der Waals surface area contributed by atoms with Crippen molar-refractivity contribution in [3.63, 3.8) is 0 Å². The number of hydrogen-bond donors (Lipinski definition) is 1. The van der Waals surface area contributed by atoms with Gasteiger partial charge in [0.15, 0.2) is 0 Å². The molecule has 1 aromatic carbocycles. The average Bonchev–Trinajstić information content (AvgIpc) is 2.34. The predicted octanol–water partition coefficient (Wildman–Crippen LogP) is 3.70. The summed E-state index contributed by atoms with van der Waals surface area (Å²) in [5.74, 6) is 0. The summed E-state index contributed by atoms with van der Waals surface area (Å²) in [4.78, 5) is 4.16. The SMILES string of the molecule is Cc1cccc(C)c1CC(N)c1cncc(Br)c1. The van der Waals surface area contributed by atoms with Gasteiger partial charge in [-0.25, -0.2) is 0 Å². The van der Waals surface area contributed by atoms with Crippen LogP contribution in [-0.4, -0.2) is 4.98 Å². The molecule has 1 heterocycles. The van der Waals surface area contributed by atoms with Crippen LogP contribution in [0.4, 0.5) is 0 Å². The van der Waals surface area contributed by atoms with Crippen LogP contribution in [0.3, 0.4) is 0 Å². The normalized spacial score (nSPS) is 12.4. The summed E-state index contributed by atoms with van der Waals surface area (Å²) < 4.78 is 0.969. The molecule has 94 valence electrons. The molecule has 18 heavy (non-hydrogen) atoms. The lowest BCUT2D eigenvalue weighted by atomic mass is 9.94. The molecule has 1 atom stereocenters. The lowest BCUT2D eigenvalue weighted by molar-refractivity contribution is 0.711. The number of rotatable bonds is 3. The molecule has 0 aliphatic heterocycles. The summed E-state index contributed by atoms with van der Waals surface area (Å²) in [7, 11) is 0. The van der Waals surface area contributed by atoms with Gasteiger partial charge in [-0.15, -0.1) is 0 Å². The minimum atomic E-state index is -0.0187. The molecule has 0 aliphatic carbocycles. The van der Waals surface area contributed by atoms with E-state index in [9.17, 15) is 0 Å². The highest BCUT2D eigenvalue weighted by molar-refractivity contribution is 9.10. The first kappa shape index (κ1) is 13.2. The maximum absolute atomic E-state index is 6.27. The summed E-state index contributed by atoms with van der Waals surface area (Å²) in [5.41, 5.74) is 11.3. The number of hydrogen-bond acceptors (Lipinski definition) is 2. The maximum Gasteiger partial charge on any atom is 0.0410 e. The van der Waals surface area contributed by atoms with Crippen LogP contribution >= 0.6 is 15.9 Å². The van der Waals surface area contributed by atoms with E-state index in [0.29, 0.717) is 0 Å². The molecule has 2 N–H and O–H groups in total. The Balaban J connectivity index is 2.24. The van der Waals surface area contributed by atoms with Crippen molar-refractivity contribution in [2.45, 2.75) is 26.3 Å². The first-order chi connectivity index (χ1) is 8.58. The van der Waals surface area contributed by atoms with E-state index in [0.717, 1.165) is 16.5 Å². The molecule has 0 saturated heterocycles. The average molecular weight is 305 g/mol. The Morgan fingerprint density at radius 3 is 2.50 bits per heavy atom. The van der Waals surface area contributed by atoms with Crippen LogP contribution in [-0.2, 0) is 6.42 Å². The number of aryl methyl sites for hydroxylation is 2. The zero-order valence-corrected chi connectivity index (χ0v) is 12.2. The van der Waals surface area contributed by atoms with E-state index in [1.54, 1.807) is 6.20 Å². The lowest BCUT2D eigenvalue weighted by Crippen LogP contribution is -2.15. The Kier molecular flexibility index (Phi) is 4.15. The molecule has 0 saturated carbocycles. The molecule has 2 aromatic rings. The molecule has 1 aromatic heterocycles. The van der Waals surface area contributed by atoms with Crippen molar-refractivity contribution in [3.05, 3.63) is 63.4 Å². The number of aromatic nitrogens is 1. The number of halogens is 1. The van der Waals surface area contributed by atoms with E-state index in [1.807, 2.05) is 12.3 Å². The highest BCUT2D eigenvalue weighted by Crippen LogP contribution is 2.22. The summed E-state index contributed by atoms with van der Waals surface area (Å²) in [5, 5.41) is 0. The fourth-order valence-electron chi connectivity index (χ4n) is 2.14. The van der Waals surface area contributed by atoms with Crippen molar-refractivity contribution in [1.82, 2.24) is 4.98 Å². The second-order valence-corrected chi connectivity index (χ2v) is 5.53. The van der Waals surface area contributed by atoms with Crippen molar-refractivity contribution in [3.8, 4) is 0 Å². The standard InChI is InChI=1S/C15H17BrN2/c1-10-4-3-5-11(2)14(10)7-15(17)12-6-13(16)9-18-8-12/h3-6,8-9,15H,7,17H2,1-2H3. The van der Waals surface area contributed by atoms with Gasteiger partial charge in [-0.2, -0.15) is 0 Å². The van der Waals surface area contributed by atoms with Gasteiger partial charge in [-0.1, -0.05) is 18.2 Å². The number of nitrogens with two attached hydrogens (primary N) is 1. The molecule has 0 bridgehead atoms. The van der Waals surface area contributed by atoms with E-state index in [-0.39, 0.29) is 6.04 Å². The van der Waals surface area contributed by atoms with Gasteiger partial charge in [0.25, 0.3) is 0 Å². The molecule has 0 radical (unpaired) electrons. The maximum atomic E-state index is 6.27. The first-order valence-corrected chi connectivity index (χ1v) is 6.78. The molecule has 0 amide bonds. The van der Waals surface area contributed by atoms with E-state index in [4.69, 9.17) is 5.73 Å². The minimum absolute atomic E-state index is 0.0187. The van der Waals surface area contributed by atoms with Crippen LogP contribution in [0.25, 0.3) is 0 Å². The third kappa shape index (κ3) is 2.98. The quantitative estimate of drug-likeness (QED) is 0.939. The van der Waals surface area contributed by atoms with Crippen LogP contribution in [0.15, 0.2) is 41.1 Å². The van der Waals surface area contributed by atoms with E-state index in [1.165, 1.54) is 16.7 Å². The molecule has 2 nitrogen and oxygen atoms in total. The highest BCUT2D eigenvalue weighted by atomic mass is 79.9. The monoisotopic (exact) mass is 304 g/mol. The molecule has 0 fully saturated rings. The summed E-state index contributed by atoms with van der Waals surface area (Å²) in [6, 6.07) is 8.36. The van der Waals surface area contributed by atoms with Gasteiger partial charge in [0.2, 0.25) is 0 Å². The molecule has 0 aliphatic rings. The first-order valence-electron chi connectivity index (χ1n) is 5.99. The van der Waals surface area contributed by atoms with Crippen LogP contribution < -0.4 is 5.73 Å². The second kappa shape index (κ2) is 5.63. The van der Waals surface area contributed by atoms with Gasteiger partial charge in [0.05, 0.1) is 0 Å². The van der Waals surface area contributed by atoms with E-state index in [2.05, 4.69) is 53.0 Å². The van der Waals surface area contributed by atoms with Gasteiger partial charge < -0.3 is 5.73 Å². The second-order valence-electron chi connectivity index (χ2n) is 4.62. The largest absolute Gasteiger partial charge is 0.324 e. The van der Waals surface area contributed by atoms with Crippen molar-refractivity contribution >= 4 is 15.9 Å². The zero-order chi connectivity index (χ0) is 13.1. The van der Waals surface area contributed by atoms with Crippen molar-refractivity contribution in [2.75, 3.05) is 0 Å². The molecular formula is C15H17BrN2. The van der Waals surface area contributed by atoms with Crippen LogP contribution in [0, 0.1) is 13.8 Å². The third-order valence-electron chi connectivity index (χ3n) is 3.22. The summed E-state index contributed by atoms with van der Waals surface area (Å²) >= 11 is 3.43. The summed E-state index contributed by atoms with van der Waals surface area (Å²) in [6.45, 7) is 4.27. The minimum Gasteiger partial charge on any atom is -0.324 e. The number of benzene rings is 1. The Hall–Kier alpha value is -1.19. The fraction of sp³-hybridized carbons (Fsp3) is 0.267. The Labute approximate surface area is 116 Å². The van der Waals surface area contributed by atoms with E-state index < -0.39 is 0 Å². The zero-order valence-electron chi connectivity index (χ0n) is 10.7. The fourth-order valence-corrected chi connectivity index (χ4v) is 2.52. The van der Waals surface area contributed by atoms with E-state index >= 15 is 0 Å². The Morgan fingerprint density at radius 2 is 1.89 bits per heavy atom. The predicted molar refractivity (Wildman–Crippen MR) is 78.5 cm³/mol. The third-order valence-corrected chi connectivity index (χ3v) is 3.66. The van der Waals surface area contributed by atoms with Gasteiger partial charge in [0.1, 0.15) is 0 Å². The van der Waals surface area contributed by atoms with Gasteiger partial charge in [-0.3, -0.25) is 4.98 Å². The van der Waals surface area contributed by atoms with Crippen molar-refractivity contribution < 1.29 is 0 Å². The lowest BCUT2D eigenvalue weighted by Gasteiger charge is -2.16. The molecule has 1 unspecified atom stereocenters. The highest BCUT2D eigenvalue weighted by Gasteiger charge is 2.11. The van der Waals surface area contributed by atoms with Gasteiger partial charge in [-0.05, 0) is 64.5 Å². The molecule has 2 rings (SSSR count). The molecule has 0 spiro atoms. The Morgan fingerprint density at radius 1 is 1.22 bits per heavy atom. The molecule has 3 heteroatoms. The number of pyridine rings is 1. The summed E-state index contributed by atoms with van der Waals surface area (Å²) in [6.07, 6.45) is 4.45.